The number of likely N-dealkylation sites (tertiary alicyclic amines) is 1. The summed E-state index contributed by atoms with van der Waals surface area (Å²) >= 11 is 0. The minimum absolute atomic E-state index is 0.0199. The first-order valence-electron chi connectivity index (χ1n) is 26.4. The number of rotatable bonds is 28. The van der Waals surface area contributed by atoms with Crippen LogP contribution in [0.2, 0.25) is 0 Å². The molecule has 3 unspecified atom stereocenters. The van der Waals surface area contributed by atoms with Crippen molar-refractivity contribution < 1.29 is 64.7 Å². The van der Waals surface area contributed by atoms with Crippen LogP contribution in [0.4, 0.5) is 26.3 Å². The van der Waals surface area contributed by atoms with E-state index in [9.17, 15) is 64.7 Å². The van der Waals surface area contributed by atoms with E-state index in [1.54, 1.807) is 94.6 Å². The maximum absolute atomic E-state index is 14.5. The summed E-state index contributed by atoms with van der Waals surface area (Å²) in [5.74, 6) is -9.66. The molecular weight excluding hydrogens is 1030 g/mol. The van der Waals surface area contributed by atoms with Crippen molar-refractivity contribution in [3.05, 3.63) is 83.9 Å². The Morgan fingerprint density at radius 2 is 1.36 bits per heavy atom. The monoisotopic (exact) mass is 1100 g/mol. The van der Waals surface area contributed by atoms with Crippen molar-refractivity contribution in [1.82, 2.24) is 51.5 Å². The van der Waals surface area contributed by atoms with E-state index in [4.69, 9.17) is 0 Å². The molecule has 8 amide bonds. The number of halogens is 6. The van der Waals surface area contributed by atoms with Gasteiger partial charge in [0.2, 0.25) is 35.4 Å². The zero-order valence-electron chi connectivity index (χ0n) is 44.8. The molecule has 18 nitrogen and oxygen atoms in total. The molecular formula is C54H74F6N10O8. The van der Waals surface area contributed by atoms with Crippen molar-refractivity contribution in [1.29, 1.82) is 0 Å². The molecule has 1 saturated carbocycles. The Balaban J connectivity index is 1.21. The average molecular weight is 1110 g/mol. The molecule has 0 spiro atoms. The summed E-state index contributed by atoms with van der Waals surface area (Å²) in [7, 11) is 3.11. The van der Waals surface area contributed by atoms with Gasteiger partial charge in [-0.15, -0.1) is 0 Å². The van der Waals surface area contributed by atoms with E-state index in [-0.39, 0.29) is 96.3 Å². The lowest BCUT2D eigenvalue weighted by atomic mass is 9.97. The second-order valence-electron chi connectivity index (χ2n) is 20.6. The fourth-order valence-electron chi connectivity index (χ4n) is 10.1. The summed E-state index contributed by atoms with van der Waals surface area (Å²) in [4.78, 5) is 111. The molecule has 8 atom stereocenters. The third kappa shape index (κ3) is 17.7. The van der Waals surface area contributed by atoms with Gasteiger partial charge in [0.15, 0.2) is 0 Å². The Morgan fingerprint density at radius 1 is 0.769 bits per heavy atom. The molecule has 0 bridgehead atoms. The van der Waals surface area contributed by atoms with Crippen molar-refractivity contribution in [2.45, 2.75) is 114 Å². The Bertz CT molecular complexity index is 2420. The van der Waals surface area contributed by atoms with Gasteiger partial charge in [-0.2, -0.15) is 26.3 Å². The molecule has 0 radical (unpaired) electrons. The summed E-state index contributed by atoms with van der Waals surface area (Å²) in [6.45, 7) is 3.81. The van der Waals surface area contributed by atoms with Crippen LogP contribution < -0.4 is 31.9 Å². The Morgan fingerprint density at radius 3 is 1.92 bits per heavy atom. The highest BCUT2D eigenvalue weighted by atomic mass is 19.4. The van der Waals surface area contributed by atoms with Crippen LogP contribution >= 0.6 is 0 Å². The molecule has 2 aliphatic heterocycles. The van der Waals surface area contributed by atoms with E-state index >= 15 is 0 Å². The van der Waals surface area contributed by atoms with Crippen LogP contribution in [0.3, 0.4) is 0 Å². The summed E-state index contributed by atoms with van der Waals surface area (Å²) in [5, 5.41) is 16.7. The quantitative estimate of drug-likeness (QED) is 0.0541. The lowest BCUT2D eigenvalue weighted by Gasteiger charge is -2.34. The highest BCUT2D eigenvalue weighted by molar-refractivity contribution is 6.03. The number of nitrogens with zero attached hydrogens (tertiary/aromatic N) is 4. The van der Waals surface area contributed by atoms with Crippen LogP contribution in [-0.4, -0.2) is 182 Å². The molecule has 2 heterocycles. The summed E-state index contributed by atoms with van der Waals surface area (Å²) in [5.41, 5.74) is -0.303. The first-order valence-corrected chi connectivity index (χ1v) is 26.4. The fourth-order valence-corrected chi connectivity index (χ4v) is 10.1. The molecule has 6 N–H and O–H groups in total. The van der Waals surface area contributed by atoms with Gasteiger partial charge < -0.3 is 51.5 Å². The Labute approximate surface area is 451 Å². The number of benzene rings is 2. The molecule has 2 aromatic carbocycles. The highest BCUT2D eigenvalue weighted by Crippen LogP contribution is 2.46. The van der Waals surface area contributed by atoms with E-state index in [1.807, 2.05) is 0 Å². The maximum Gasteiger partial charge on any atom is 0.471 e. The van der Waals surface area contributed by atoms with Gasteiger partial charge in [0.25, 0.3) is 0 Å². The molecule has 1 saturated heterocycles. The SMILES string of the molecule is CNCC(=O)NC1(C(=O)N2CC=C[C@H]2CN(CCc2ccccc2)C(=O)C(F)(F)F)C[C@H]1C(=O)NC(C)CC(C)CNC(=O)[C@H](CCNC(=O)[C@H](C)NC)CC(=O)N1CCC[C@H]1CN(CCc1ccccc1)C(=O)C(F)(F)F. The van der Waals surface area contributed by atoms with Gasteiger partial charge >= 0.3 is 24.2 Å². The first-order chi connectivity index (χ1) is 36.9. The number of carbonyl (C=O) groups is 8. The molecule has 1 aliphatic carbocycles. The van der Waals surface area contributed by atoms with Crippen LogP contribution in [0.1, 0.15) is 70.4 Å². The van der Waals surface area contributed by atoms with E-state index in [1.165, 1.54) is 22.9 Å². The standard InChI is InChI=1S/C54H74F6N10O8/c1-35(31-64-47(74)40(20-23-63-46(73)37(3)62-5)29-45(72)69-24-12-18-41(69)33-67(50(77)53(55,56)57)26-21-38-14-8-6-9-15-38)28-36(2)65-48(75)43-30-52(43,66-44(71)32-61-4)49(76)70-25-13-19-42(70)34-68(51(78)54(58,59)60)27-22-39-16-10-7-11-17-39/h6-11,13-17,19,35-37,40-43,61-62H,12,18,20-34H2,1-5H3,(H,63,73)(H,64,74)(H,65,75)(H,66,71)/t35?,36?,37-,40+,41-,42-,43-,52?/m0/s1. The predicted octanol–water partition coefficient (Wildman–Crippen LogP) is 2.87. The molecule has 24 heteroatoms. The minimum Gasteiger partial charge on any atom is -0.356 e. The van der Waals surface area contributed by atoms with Crippen molar-refractivity contribution in [2.75, 3.05) is 73.0 Å². The van der Waals surface area contributed by atoms with Gasteiger partial charge in [-0.3, -0.25) is 38.4 Å². The lowest BCUT2D eigenvalue weighted by molar-refractivity contribution is -0.186. The first kappa shape index (κ1) is 62.3. The smallest absolute Gasteiger partial charge is 0.356 e. The predicted molar refractivity (Wildman–Crippen MR) is 276 cm³/mol. The van der Waals surface area contributed by atoms with Gasteiger partial charge in [-0.25, -0.2) is 0 Å². The molecule has 78 heavy (non-hydrogen) atoms. The van der Waals surface area contributed by atoms with Gasteiger partial charge in [0.05, 0.1) is 24.5 Å². The highest BCUT2D eigenvalue weighted by Gasteiger charge is 2.66. The average Bonchev–Trinajstić information content (AvgIpc) is 3.73. The molecule has 3 aliphatic rings. The van der Waals surface area contributed by atoms with E-state index in [2.05, 4.69) is 31.9 Å². The summed E-state index contributed by atoms with van der Waals surface area (Å²) in [6, 6.07) is 14.5. The zero-order chi connectivity index (χ0) is 57.4. The Hall–Kier alpha value is -6.56. The van der Waals surface area contributed by atoms with E-state index < -0.39 is 102 Å². The number of amides is 8. The second kappa shape index (κ2) is 28.4. The number of hydrogen-bond donors (Lipinski definition) is 6. The maximum atomic E-state index is 14.5. The van der Waals surface area contributed by atoms with Crippen LogP contribution in [0.25, 0.3) is 0 Å². The van der Waals surface area contributed by atoms with Gasteiger partial charge in [0, 0.05) is 76.8 Å². The largest absolute Gasteiger partial charge is 0.471 e. The molecule has 2 aromatic rings. The molecule has 430 valence electrons. The van der Waals surface area contributed by atoms with Crippen molar-refractivity contribution in [3.8, 4) is 0 Å². The van der Waals surface area contributed by atoms with Crippen LogP contribution in [0, 0.1) is 17.8 Å². The van der Waals surface area contributed by atoms with E-state index in [0.717, 1.165) is 10.5 Å². The van der Waals surface area contributed by atoms with E-state index in [0.29, 0.717) is 29.7 Å². The summed E-state index contributed by atoms with van der Waals surface area (Å²) < 4.78 is 83.0. The van der Waals surface area contributed by atoms with Gasteiger partial charge in [-0.05, 0) is 89.9 Å². The normalized spacial score (nSPS) is 20.5. The van der Waals surface area contributed by atoms with Crippen molar-refractivity contribution in [3.63, 3.8) is 0 Å². The van der Waals surface area contributed by atoms with Crippen molar-refractivity contribution in [2.24, 2.45) is 17.8 Å². The van der Waals surface area contributed by atoms with Crippen molar-refractivity contribution >= 4 is 47.3 Å². The van der Waals surface area contributed by atoms with Crippen LogP contribution in [0.15, 0.2) is 72.8 Å². The number of carbonyl (C=O) groups excluding carboxylic acids is 8. The number of hydrogen-bond acceptors (Lipinski definition) is 10. The fraction of sp³-hybridized carbons (Fsp3) is 0.593. The van der Waals surface area contributed by atoms with Crippen LogP contribution in [-0.2, 0) is 51.2 Å². The summed E-state index contributed by atoms with van der Waals surface area (Å²) in [6.07, 6.45) is -6.27. The zero-order valence-corrected chi connectivity index (χ0v) is 44.8. The van der Waals surface area contributed by atoms with Crippen LogP contribution in [0.5, 0.6) is 0 Å². The molecule has 0 aromatic heterocycles. The molecule has 2 fully saturated rings. The number of likely N-dealkylation sites (N-methyl/N-ethyl adjacent to an activating group) is 2. The molecule has 5 rings (SSSR count). The number of nitrogens with one attached hydrogen (secondary N) is 6. The number of alkyl halides is 6. The topological polar surface area (TPSA) is 222 Å². The Kier molecular flexibility index (Phi) is 22.6. The third-order valence-corrected chi connectivity index (χ3v) is 14.5. The third-order valence-electron chi connectivity index (χ3n) is 14.5. The second-order valence-corrected chi connectivity index (χ2v) is 20.6. The minimum atomic E-state index is -5.19. The van der Waals surface area contributed by atoms with Gasteiger partial charge in [-0.1, -0.05) is 79.7 Å². The van der Waals surface area contributed by atoms with Gasteiger partial charge in [0.1, 0.15) is 5.54 Å². The lowest BCUT2D eigenvalue weighted by Crippen LogP contribution is -2.58.